The van der Waals surface area contributed by atoms with Crippen LogP contribution in [0.5, 0.6) is 0 Å². The number of hydrogen-bond acceptors (Lipinski definition) is 1. The first-order chi connectivity index (χ1) is 4.68. The van der Waals surface area contributed by atoms with E-state index in [-0.39, 0.29) is 0 Å². The van der Waals surface area contributed by atoms with Gasteiger partial charge in [0, 0.05) is 0 Å². The summed E-state index contributed by atoms with van der Waals surface area (Å²) in [4.78, 5) is 9.87. The minimum Gasteiger partial charge on any atom is -0.299 e. The lowest BCUT2D eigenvalue weighted by Gasteiger charge is -2.11. The number of allylic oxidation sites excluding steroid dienone is 2. The lowest BCUT2D eigenvalue weighted by molar-refractivity contribution is -0.104. The fourth-order valence-corrected chi connectivity index (χ4v) is 0.621. The Bertz CT molecular complexity index is 114. The van der Waals surface area contributed by atoms with Gasteiger partial charge in [-0.15, -0.1) is 0 Å². The molecule has 0 saturated carbocycles. The minimum absolute atomic E-state index is 0.677. The predicted octanol–water partition coefficient (Wildman–Crippen LogP) is 2.42. The Morgan fingerprint density at radius 3 is 2.30 bits per heavy atom. The van der Waals surface area contributed by atoms with Crippen LogP contribution in [0, 0.1) is 11.8 Å². The average molecular weight is 140 g/mol. The Hall–Kier alpha value is -0.590. The molecule has 1 atom stereocenters. The van der Waals surface area contributed by atoms with Gasteiger partial charge in [-0.25, -0.2) is 0 Å². The first-order valence-corrected chi connectivity index (χ1v) is 3.78. The molecule has 0 spiro atoms. The standard InChI is InChI=1S/C9H16O/c1-8(2)9(3)6-4-5-7-10/h4-5,7-9H,6H2,1-3H3/b5-4+. The highest BCUT2D eigenvalue weighted by atomic mass is 16.1. The summed E-state index contributed by atoms with van der Waals surface area (Å²) in [6, 6.07) is 0. The van der Waals surface area contributed by atoms with E-state index in [1.807, 2.05) is 6.08 Å². The molecular formula is C9H16O. The second kappa shape index (κ2) is 5.21. The van der Waals surface area contributed by atoms with Crippen molar-refractivity contribution in [1.29, 1.82) is 0 Å². The van der Waals surface area contributed by atoms with Gasteiger partial charge in [-0.1, -0.05) is 26.8 Å². The summed E-state index contributed by atoms with van der Waals surface area (Å²) in [5, 5.41) is 0. The molecule has 1 nitrogen and oxygen atoms in total. The third-order valence-electron chi connectivity index (χ3n) is 1.86. The van der Waals surface area contributed by atoms with E-state index in [4.69, 9.17) is 0 Å². The summed E-state index contributed by atoms with van der Waals surface area (Å²) >= 11 is 0. The second-order valence-electron chi connectivity index (χ2n) is 3.02. The van der Waals surface area contributed by atoms with Gasteiger partial charge in [0.1, 0.15) is 6.29 Å². The Morgan fingerprint density at radius 1 is 1.30 bits per heavy atom. The van der Waals surface area contributed by atoms with E-state index in [1.54, 1.807) is 6.08 Å². The molecule has 0 aliphatic heterocycles. The molecule has 0 saturated heterocycles. The molecule has 0 N–H and O–H groups in total. The summed E-state index contributed by atoms with van der Waals surface area (Å²) < 4.78 is 0. The van der Waals surface area contributed by atoms with Crippen LogP contribution >= 0.6 is 0 Å². The van der Waals surface area contributed by atoms with E-state index in [1.165, 1.54) is 0 Å². The number of rotatable bonds is 4. The summed E-state index contributed by atoms with van der Waals surface area (Å²) in [6.45, 7) is 6.58. The molecule has 0 aliphatic carbocycles. The molecule has 0 rings (SSSR count). The fourth-order valence-electron chi connectivity index (χ4n) is 0.621. The van der Waals surface area contributed by atoms with Crippen LogP contribution in [0.3, 0.4) is 0 Å². The predicted molar refractivity (Wildman–Crippen MR) is 43.8 cm³/mol. The monoisotopic (exact) mass is 140 g/mol. The molecule has 1 heteroatoms. The topological polar surface area (TPSA) is 17.1 Å². The Labute approximate surface area is 63.1 Å². The SMILES string of the molecule is CC(C)C(C)C/C=C/C=O. The van der Waals surface area contributed by atoms with Gasteiger partial charge in [0.25, 0.3) is 0 Å². The largest absolute Gasteiger partial charge is 0.299 e. The van der Waals surface area contributed by atoms with E-state index in [9.17, 15) is 4.79 Å². The van der Waals surface area contributed by atoms with Gasteiger partial charge in [0.2, 0.25) is 0 Å². The second-order valence-corrected chi connectivity index (χ2v) is 3.02. The van der Waals surface area contributed by atoms with Gasteiger partial charge in [-0.05, 0) is 24.3 Å². The van der Waals surface area contributed by atoms with Crippen LogP contribution in [0.2, 0.25) is 0 Å². The van der Waals surface area contributed by atoms with Crippen molar-refractivity contribution in [3.8, 4) is 0 Å². The van der Waals surface area contributed by atoms with Crippen molar-refractivity contribution in [3.05, 3.63) is 12.2 Å². The lowest BCUT2D eigenvalue weighted by Crippen LogP contribution is -2.01. The van der Waals surface area contributed by atoms with Crippen molar-refractivity contribution in [1.82, 2.24) is 0 Å². The van der Waals surface area contributed by atoms with Gasteiger partial charge in [0.15, 0.2) is 0 Å². The first kappa shape index (κ1) is 9.41. The molecule has 0 bridgehead atoms. The van der Waals surface area contributed by atoms with Crippen molar-refractivity contribution in [2.45, 2.75) is 27.2 Å². The maximum absolute atomic E-state index is 9.87. The third-order valence-corrected chi connectivity index (χ3v) is 1.86. The average Bonchev–Trinajstić information content (AvgIpc) is 1.88. The highest BCUT2D eigenvalue weighted by Gasteiger charge is 2.02. The maximum atomic E-state index is 9.87. The summed E-state index contributed by atoms with van der Waals surface area (Å²) in [5.41, 5.74) is 0. The highest BCUT2D eigenvalue weighted by Crippen LogP contribution is 2.13. The minimum atomic E-state index is 0.677. The molecule has 0 aliphatic rings. The summed E-state index contributed by atoms with van der Waals surface area (Å²) in [5.74, 6) is 1.38. The van der Waals surface area contributed by atoms with Crippen molar-refractivity contribution < 1.29 is 4.79 Å². The van der Waals surface area contributed by atoms with Crippen molar-refractivity contribution in [3.63, 3.8) is 0 Å². The van der Waals surface area contributed by atoms with Gasteiger partial charge in [-0.2, -0.15) is 0 Å². The van der Waals surface area contributed by atoms with Crippen LogP contribution in [0.4, 0.5) is 0 Å². The molecule has 0 fully saturated rings. The van der Waals surface area contributed by atoms with Crippen LogP contribution in [-0.4, -0.2) is 6.29 Å². The first-order valence-electron chi connectivity index (χ1n) is 3.78. The van der Waals surface area contributed by atoms with E-state index in [0.29, 0.717) is 11.8 Å². The van der Waals surface area contributed by atoms with Crippen LogP contribution in [0.25, 0.3) is 0 Å². The molecule has 0 aromatic heterocycles. The van der Waals surface area contributed by atoms with Crippen LogP contribution in [-0.2, 0) is 4.79 Å². The molecule has 10 heavy (non-hydrogen) atoms. The van der Waals surface area contributed by atoms with Gasteiger partial charge in [0.05, 0.1) is 0 Å². The zero-order chi connectivity index (χ0) is 7.98. The van der Waals surface area contributed by atoms with Crippen molar-refractivity contribution in [2.24, 2.45) is 11.8 Å². The maximum Gasteiger partial charge on any atom is 0.142 e. The zero-order valence-electron chi connectivity index (χ0n) is 7.00. The van der Waals surface area contributed by atoms with E-state index < -0.39 is 0 Å². The summed E-state index contributed by atoms with van der Waals surface area (Å²) in [6.07, 6.45) is 5.33. The van der Waals surface area contributed by atoms with Crippen LogP contribution in [0.15, 0.2) is 12.2 Å². The van der Waals surface area contributed by atoms with Crippen LogP contribution < -0.4 is 0 Å². The number of carbonyl (C=O) groups excluding carboxylic acids is 1. The third kappa shape index (κ3) is 4.30. The lowest BCUT2D eigenvalue weighted by atomic mass is 9.95. The zero-order valence-corrected chi connectivity index (χ0v) is 7.00. The van der Waals surface area contributed by atoms with E-state index in [2.05, 4.69) is 20.8 Å². The van der Waals surface area contributed by atoms with Gasteiger partial charge in [-0.3, -0.25) is 4.79 Å². The number of hydrogen-bond donors (Lipinski definition) is 0. The molecule has 58 valence electrons. The number of carbonyl (C=O) groups is 1. The van der Waals surface area contributed by atoms with Gasteiger partial charge < -0.3 is 0 Å². The fraction of sp³-hybridized carbons (Fsp3) is 0.667. The van der Waals surface area contributed by atoms with Gasteiger partial charge >= 0.3 is 0 Å². The molecule has 0 heterocycles. The summed E-state index contributed by atoms with van der Waals surface area (Å²) in [7, 11) is 0. The smallest absolute Gasteiger partial charge is 0.142 e. The van der Waals surface area contributed by atoms with E-state index in [0.717, 1.165) is 12.7 Å². The normalized spacial score (nSPS) is 14.4. The Kier molecular flexibility index (Phi) is 4.91. The van der Waals surface area contributed by atoms with Crippen molar-refractivity contribution in [2.75, 3.05) is 0 Å². The number of aldehydes is 1. The molecule has 0 aromatic rings. The van der Waals surface area contributed by atoms with E-state index >= 15 is 0 Å². The molecule has 0 amide bonds. The molecule has 0 aromatic carbocycles. The van der Waals surface area contributed by atoms with Crippen LogP contribution in [0.1, 0.15) is 27.2 Å². The Balaban J connectivity index is 3.48. The molecular weight excluding hydrogens is 124 g/mol. The highest BCUT2D eigenvalue weighted by molar-refractivity contribution is 5.64. The Morgan fingerprint density at radius 2 is 1.90 bits per heavy atom. The molecule has 0 radical (unpaired) electrons. The quantitative estimate of drug-likeness (QED) is 0.433. The molecule has 1 unspecified atom stereocenters. The van der Waals surface area contributed by atoms with Crippen molar-refractivity contribution >= 4 is 6.29 Å².